The monoisotopic (exact) mass is 390 g/mol. The first kappa shape index (κ1) is 25.6. The highest BCUT2D eigenvalue weighted by Crippen LogP contribution is 2.54. The van der Waals surface area contributed by atoms with Crippen molar-refractivity contribution in [2.24, 2.45) is 17.8 Å². The van der Waals surface area contributed by atoms with Gasteiger partial charge < -0.3 is 0 Å². The van der Waals surface area contributed by atoms with Gasteiger partial charge in [0.15, 0.2) is 0 Å². The lowest BCUT2D eigenvalue weighted by molar-refractivity contribution is -0.122. The van der Waals surface area contributed by atoms with Crippen molar-refractivity contribution in [3.05, 3.63) is 0 Å². The lowest BCUT2D eigenvalue weighted by Crippen LogP contribution is -2.21. The fourth-order valence-corrected chi connectivity index (χ4v) is 5.93. The zero-order valence-corrected chi connectivity index (χ0v) is 18.9. The summed E-state index contributed by atoms with van der Waals surface area (Å²) in [6.45, 7) is 14.5. The number of fused-ring (bicyclic) bond motifs is 1. The minimum Gasteiger partial charge on any atom is -0.299 e. The molecule has 5 heteroatoms. The third kappa shape index (κ3) is 7.30. The maximum atomic E-state index is 11.3. The average molecular weight is 391 g/mol. The molecule has 5 unspecified atom stereocenters. The minimum atomic E-state index is -3.13. The molecule has 2 bridgehead atoms. The van der Waals surface area contributed by atoms with E-state index in [0.29, 0.717) is 23.5 Å². The first-order chi connectivity index (χ1) is 12.3. The molecule has 5 atom stereocenters. The molecule has 0 amide bonds. The van der Waals surface area contributed by atoms with E-state index < -0.39 is 10.1 Å². The molecule has 156 valence electrons. The normalized spacial score (nSPS) is 30.1. The van der Waals surface area contributed by atoms with Gasteiger partial charge in [0.2, 0.25) is 0 Å². The van der Waals surface area contributed by atoms with Gasteiger partial charge in [0.1, 0.15) is 5.78 Å². The number of hydrogen-bond donors (Lipinski definition) is 0. The van der Waals surface area contributed by atoms with E-state index in [1.807, 2.05) is 20.8 Å². The quantitative estimate of drug-likeness (QED) is 0.561. The van der Waals surface area contributed by atoms with E-state index in [2.05, 4.69) is 27.7 Å². The Morgan fingerprint density at radius 2 is 1.62 bits per heavy atom. The largest absolute Gasteiger partial charge is 0.299 e. The molecule has 0 aromatic heterocycles. The summed E-state index contributed by atoms with van der Waals surface area (Å²) in [6, 6.07) is 0. The van der Waals surface area contributed by atoms with Crippen LogP contribution in [0.5, 0.6) is 0 Å². The summed E-state index contributed by atoms with van der Waals surface area (Å²) in [6.07, 6.45) is 8.19. The summed E-state index contributed by atoms with van der Waals surface area (Å²) in [4.78, 5) is 11.1. The molecule has 0 aromatic rings. The number of Topliss-reactive ketones (excluding diaryl/α,β-unsaturated/α-hetero) is 1. The molecule has 2 saturated carbocycles. The zero-order chi connectivity index (χ0) is 20.3. The minimum absolute atomic E-state index is 0.0590. The highest BCUT2D eigenvalue weighted by atomic mass is 32.2. The Kier molecular flexibility index (Phi) is 12.7. The van der Waals surface area contributed by atoms with Crippen LogP contribution in [0, 0.1) is 17.8 Å². The van der Waals surface area contributed by atoms with Crippen molar-refractivity contribution in [2.75, 3.05) is 0 Å². The van der Waals surface area contributed by atoms with E-state index in [9.17, 15) is 13.2 Å². The topological polar surface area (TPSA) is 60.4 Å². The molecule has 0 radical (unpaired) electrons. The van der Waals surface area contributed by atoms with Crippen LogP contribution in [-0.2, 0) is 19.1 Å². The molecule has 2 aliphatic carbocycles. The van der Waals surface area contributed by atoms with Gasteiger partial charge in [-0.3, -0.25) is 8.98 Å². The lowest BCUT2D eigenvalue weighted by Gasteiger charge is -2.11. The molecule has 26 heavy (non-hydrogen) atoms. The van der Waals surface area contributed by atoms with Crippen LogP contribution in [0.15, 0.2) is 0 Å². The van der Waals surface area contributed by atoms with Crippen molar-refractivity contribution in [3.63, 3.8) is 0 Å². The predicted molar refractivity (Wildman–Crippen MR) is 110 cm³/mol. The van der Waals surface area contributed by atoms with Gasteiger partial charge in [-0.15, -0.1) is 0 Å². The number of hydrogen-bond acceptors (Lipinski definition) is 4. The summed E-state index contributed by atoms with van der Waals surface area (Å²) in [7, 11) is -3.13. The Labute approximate surface area is 162 Å². The maximum absolute atomic E-state index is 11.3. The summed E-state index contributed by atoms with van der Waals surface area (Å²) in [5.41, 5.74) is 0. The van der Waals surface area contributed by atoms with E-state index in [1.165, 1.54) is 6.42 Å². The van der Waals surface area contributed by atoms with Crippen LogP contribution in [0.3, 0.4) is 0 Å². The van der Waals surface area contributed by atoms with Crippen molar-refractivity contribution in [1.29, 1.82) is 0 Å². The second kappa shape index (κ2) is 12.9. The molecule has 0 spiro atoms. The SMILES string of the molecule is CC.CCC.CCCC(=O)C(C)CCC.O=S1(=O)OC2CC3CC2C1C3. The highest BCUT2D eigenvalue weighted by Gasteiger charge is 2.59. The molecule has 1 aliphatic heterocycles. The number of ketones is 1. The van der Waals surface area contributed by atoms with Gasteiger partial charge >= 0.3 is 0 Å². The van der Waals surface area contributed by atoms with E-state index in [1.54, 1.807) is 0 Å². The first-order valence-corrected chi connectivity index (χ1v) is 12.2. The fourth-order valence-electron chi connectivity index (χ4n) is 4.00. The second-order valence-electron chi connectivity index (χ2n) is 7.52. The van der Waals surface area contributed by atoms with Gasteiger partial charge in [-0.1, -0.05) is 61.3 Å². The van der Waals surface area contributed by atoms with Crippen LogP contribution in [0.2, 0.25) is 0 Å². The summed E-state index contributed by atoms with van der Waals surface area (Å²) in [5, 5.41) is -0.133. The maximum Gasteiger partial charge on any atom is 0.270 e. The first-order valence-electron chi connectivity index (χ1n) is 10.7. The number of carbonyl (C=O) groups is 1. The summed E-state index contributed by atoms with van der Waals surface area (Å²) in [5.74, 6) is 1.73. The van der Waals surface area contributed by atoms with Crippen LogP contribution in [0.1, 0.15) is 99.8 Å². The van der Waals surface area contributed by atoms with E-state index in [4.69, 9.17) is 4.18 Å². The van der Waals surface area contributed by atoms with Gasteiger partial charge in [-0.05, 0) is 38.0 Å². The standard InChI is InChI=1S/C9H18O.C7H10O3S.C3H8.C2H6/c1-4-6-8(3)9(10)7-5-2;8-11(9)7-3-4-1-5(7)6(2-4)10-11;1-3-2;1-2/h8H,4-7H2,1-3H3;4-7H,1-3H2;3H2,1-2H3;1-2H3. The van der Waals surface area contributed by atoms with Crippen LogP contribution < -0.4 is 0 Å². The molecular formula is C21H42O4S. The van der Waals surface area contributed by atoms with Crippen molar-refractivity contribution >= 4 is 15.9 Å². The van der Waals surface area contributed by atoms with E-state index in [-0.39, 0.29) is 11.4 Å². The van der Waals surface area contributed by atoms with Crippen LogP contribution in [0.25, 0.3) is 0 Å². The molecule has 0 N–H and O–H groups in total. The molecule has 1 heterocycles. The van der Waals surface area contributed by atoms with Crippen LogP contribution in [0.4, 0.5) is 0 Å². The Morgan fingerprint density at radius 3 is 2.00 bits per heavy atom. The van der Waals surface area contributed by atoms with Crippen molar-refractivity contribution < 1.29 is 17.4 Å². The third-order valence-corrected chi connectivity index (χ3v) is 6.89. The summed E-state index contributed by atoms with van der Waals surface area (Å²) >= 11 is 0. The predicted octanol–water partition coefficient (Wildman–Crippen LogP) is 5.75. The molecule has 3 rings (SSSR count). The molecule has 3 aliphatic rings. The van der Waals surface area contributed by atoms with Crippen molar-refractivity contribution in [2.45, 2.75) is 111 Å². The molecule has 0 aromatic carbocycles. The Balaban J connectivity index is 0.000000389. The van der Waals surface area contributed by atoms with Gasteiger partial charge in [-0.2, -0.15) is 8.42 Å². The molecule has 1 saturated heterocycles. The van der Waals surface area contributed by atoms with Gasteiger partial charge in [0.25, 0.3) is 10.1 Å². The molecule has 4 nitrogen and oxygen atoms in total. The number of carbonyl (C=O) groups excluding carboxylic acids is 1. The zero-order valence-electron chi connectivity index (χ0n) is 18.1. The van der Waals surface area contributed by atoms with Crippen LogP contribution >= 0.6 is 0 Å². The summed E-state index contributed by atoms with van der Waals surface area (Å²) < 4.78 is 27.5. The third-order valence-electron chi connectivity index (χ3n) is 5.09. The molecule has 3 fully saturated rings. The van der Waals surface area contributed by atoms with Gasteiger partial charge in [0.05, 0.1) is 11.4 Å². The van der Waals surface area contributed by atoms with Crippen LogP contribution in [-0.4, -0.2) is 25.6 Å². The van der Waals surface area contributed by atoms with Gasteiger partial charge in [0, 0.05) is 18.3 Å². The lowest BCUT2D eigenvalue weighted by atomic mass is 9.98. The van der Waals surface area contributed by atoms with E-state index >= 15 is 0 Å². The number of rotatable bonds is 5. The Hall–Kier alpha value is -0.420. The second-order valence-corrected chi connectivity index (χ2v) is 9.30. The highest BCUT2D eigenvalue weighted by molar-refractivity contribution is 7.87. The Bertz CT molecular complexity index is 484. The molecular weight excluding hydrogens is 348 g/mol. The van der Waals surface area contributed by atoms with E-state index in [0.717, 1.165) is 44.9 Å². The van der Waals surface area contributed by atoms with Crippen molar-refractivity contribution in [1.82, 2.24) is 0 Å². The smallest absolute Gasteiger partial charge is 0.270 e. The fraction of sp³-hybridized carbons (Fsp3) is 0.952. The average Bonchev–Trinajstić information content (AvgIpc) is 3.21. The van der Waals surface area contributed by atoms with Gasteiger partial charge in [-0.25, -0.2) is 0 Å². The Morgan fingerprint density at radius 1 is 1.04 bits per heavy atom. The van der Waals surface area contributed by atoms with Crippen molar-refractivity contribution in [3.8, 4) is 0 Å².